The highest BCUT2D eigenvalue weighted by Gasteiger charge is 2.03. The van der Waals surface area contributed by atoms with E-state index in [-0.39, 0.29) is 0 Å². The topological polar surface area (TPSA) is 26.0 Å². The molecule has 1 aromatic carbocycles. The Labute approximate surface area is 100 Å². The summed E-state index contributed by atoms with van der Waals surface area (Å²) in [5.41, 5.74) is 8.81. The Morgan fingerprint density at radius 1 is 1.06 bits per heavy atom. The molecular formula is C15H25N. The predicted molar refractivity (Wildman–Crippen MR) is 71.6 cm³/mol. The SMILES string of the molecule is CCCCCCC(N)Cc1ccc(C)cc1. The number of rotatable bonds is 7. The van der Waals surface area contributed by atoms with Crippen LogP contribution in [0.2, 0.25) is 0 Å². The molecule has 1 unspecified atom stereocenters. The van der Waals surface area contributed by atoms with Gasteiger partial charge < -0.3 is 5.73 Å². The minimum Gasteiger partial charge on any atom is -0.327 e. The van der Waals surface area contributed by atoms with E-state index < -0.39 is 0 Å². The van der Waals surface area contributed by atoms with Crippen molar-refractivity contribution in [2.75, 3.05) is 0 Å². The van der Waals surface area contributed by atoms with Crippen LogP contribution in [-0.4, -0.2) is 6.04 Å². The molecule has 0 bridgehead atoms. The summed E-state index contributed by atoms with van der Waals surface area (Å²) in [4.78, 5) is 0. The molecule has 1 aromatic rings. The van der Waals surface area contributed by atoms with Crippen LogP contribution in [0.4, 0.5) is 0 Å². The molecule has 1 nitrogen and oxygen atoms in total. The van der Waals surface area contributed by atoms with E-state index in [2.05, 4.69) is 38.1 Å². The molecule has 90 valence electrons. The van der Waals surface area contributed by atoms with Crippen LogP contribution in [0.1, 0.15) is 50.2 Å². The van der Waals surface area contributed by atoms with Crippen molar-refractivity contribution in [3.8, 4) is 0 Å². The van der Waals surface area contributed by atoms with Crippen LogP contribution in [0.15, 0.2) is 24.3 Å². The molecule has 0 fully saturated rings. The van der Waals surface area contributed by atoms with Crippen molar-refractivity contribution in [1.29, 1.82) is 0 Å². The van der Waals surface area contributed by atoms with E-state index in [4.69, 9.17) is 5.73 Å². The number of unbranched alkanes of at least 4 members (excludes halogenated alkanes) is 3. The lowest BCUT2D eigenvalue weighted by molar-refractivity contribution is 0.546. The Kier molecular flexibility index (Phi) is 6.17. The predicted octanol–water partition coefficient (Wildman–Crippen LogP) is 3.84. The van der Waals surface area contributed by atoms with Gasteiger partial charge in [-0.2, -0.15) is 0 Å². The van der Waals surface area contributed by atoms with E-state index in [1.165, 1.54) is 36.8 Å². The summed E-state index contributed by atoms with van der Waals surface area (Å²) in [5, 5.41) is 0. The molecule has 0 spiro atoms. The molecule has 0 aliphatic carbocycles. The van der Waals surface area contributed by atoms with Gasteiger partial charge in [-0.05, 0) is 25.3 Å². The van der Waals surface area contributed by atoms with Crippen LogP contribution in [0, 0.1) is 6.92 Å². The van der Waals surface area contributed by atoms with Crippen LogP contribution >= 0.6 is 0 Å². The van der Waals surface area contributed by atoms with Gasteiger partial charge in [0.15, 0.2) is 0 Å². The molecule has 1 rings (SSSR count). The van der Waals surface area contributed by atoms with Gasteiger partial charge in [-0.3, -0.25) is 0 Å². The number of nitrogens with two attached hydrogens (primary N) is 1. The second-order valence-corrected chi connectivity index (χ2v) is 4.80. The summed E-state index contributed by atoms with van der Waals surface area (Å²) in [6.45, 7) is 4.36. The van der Waals surface area contributed by atoms with E-state index in [1.54, 1.807) is 0 Å². The van der Waals surface area contributed by atoms with Crippen molar-refractivity contribution in [2.45, 2.75) is 58.4 Å². The van der Waals surface area contributed by atoms with E-state index in [0.29, 0.717) is 6.04 Å². The summed E-state index contributed by atoms with van der Waals surface area (Å²) in [7, 11) is 0. The fraction of sp³-hybridized carbons (Fsp3) is 0.600. The van der Waals surface area contributed by atoms with Crippen LogP contribution in [-0.2, 0) is 6.42 Å². The van der Waals surface area contributed by atoms with Crippen molar-refractivity contribution in [3.63, 3.8) is 0 Å². The zero-order valence-corrected chi connectivity index (χ0v) is 10.7. The minimum absolute atomic E-state index is 0.333. The molecule has 1 heteroatoms. The number of benzene rings is 1. The van der Waals surface area contributed by atoms with Gasteiger partial charge in [-0.15, -0.1) is 0 Å². The molecule has 0 amide bonds. The Morgan fingerprint density at radius 3 is 2.38 bits per heavy atom. The molecule has 0 radical (unpaired) electrons. The first kappa shape index (κ1) is 13.2. The van der Waals surface area contributed by atoms with Gasteiger partial charge in [0.05, 0.1) is 0 Å². The Bertz CT molecular complexity index is 276. The Morgan fingerprint density at radius 2 is 1.75 bits per heavy atom. The maximum absolute atomic E-state index is 6.13. The fourth-order valence-corrected chi connectivity index (χ4v) is 1.96. The lowest BCUT2D eigenvalue weighted by Crippen LogP contribution is -2.22. The molecule has 2 N–H and O–H groups in total. The zero-order valence-electron chi connectivity index (χ0n) is 10.7. The number of hydrogen-bond donors (Lipinski definition) is 1. The van der Waals surface area contributed by atoms with Gasteiger partial charge in [0.2, 0.25) is 0 Å². The third-order valence-corrected chi connectivity index (χ3v) is 3.05. The first-order valence-electron chi connectivity index (χ1n) is 6.53. The second kappa shape index (κ2) is 7.45. The van der Waals surface area contributed by atoms with E-state index >= 15 is 0 Å². The molecule has 1 atom stereocenters. The van der Waals surface area contributed by atoms with Gasteiger partial charge in [-0.1, -0.05) is 62.4 Å². The second-order valence-electron chi connectivity index (χ2n) is 4.80. The monoisotopic (exact) mass is 219 g/mol. The van der Waals surface area contributed by atoms with Gasteiger partial charge in [0.1, 0.15) is 0 Å². The smallest absolute Gasteiger partial charge is 0.00793 e. The third-order valence-electron chi connectivity index (χ3n) is 3.05. The summed E-state index contributed by atoms with van der Waals surface area (Å²) in [5.74, 6) is 0. The molecule has 0 aliphatic heterocycles. The Hall–Kier alpha value is -0.820. The minimum atomic E-state index is 0.333. The molecule has 0 aromatic heterocycles. The van der Waals surface area contributed by atoms with Crippen molar-refractivity contribution >= 4 is 0 Å². The highest BCUT2D eigenvalue weighted by molar-refractivity contribution is 5.21. The third kappa shape index (κ3) is 5.32. The highest BCUT2D eigenvalue weighted by atomic mass is 14.6. The zero-order chi connectivity index (χ0) is 11.8. The van der Waals surface area contributed by atoms with Crippen molar-refractivity contribution < 1.29 is 0 Å². The quantitative estimate of drug-likeness (QED) is 0.693. The van der Waals surface area contributed by atoms with Crippen LogP contribution in [0.3, 0.4) is 0 Å². The van der Waals surface area contributed by atoms with E-state index in [9.17, 15) is 0 Å². The Balaban J connectivity index is 2.23. The summed E-state index contributed by atoms with van der Waals surface area (Å²) in [6.07, 6.45) is 7.43. The molecule has 0 saturated carbocycles. The van der Waals surface area contributed by atoms with Crippen molar-refractivity contribution in [3.05, 3.63) is 35.4 Å². The van der Waals surface area contributed by atoms with Crippen LogP contribution < -0.4 is 5.73 Å². The van der Waals surface area contributed by atoms with E-state index in [0.717, 1.165) is 12.8 Å². The highest BCUT2D eigenvalue weighted by Crippen LogP contribution is 2.10. The summed E-state index contributed by atoms with van der Waals surface area (Å²) >= 11 is 0. The van der Waals surface area contributed by atoms with Crippen molar-refractivity contribution in [2.24, 2.45) is 5.73 Å². The summed E-state index contributed by atoms with van der Waals surface area (Å²) in [6, 6.07) is 9.06. The first-order valence-corrected chi connectivity index (χ1v) is 6.53. The average molecular weight is 219 g/mol. The van der Waals surface area contributed by atoms with Gasteiger partial charge in [0, 0.05) is 6.04 Å². The molecule has 16 heavy (non-hydrogen) atoms. The van der Waals surface area contributed by atoms with Gasteiger partial charge in [-0.25, -0.2) is 0 Å². The molecule has 0 heterocycles. The maximum Gasteiger partial charge on any atom is 0.00793 e. The summed E-state index contributed by atoms with van der Waals surface area (Å²) < 4.78 is 0. The standard InChI is InChI=1S/C15H25N/c1-3-4-5-6-7-15(16)12-14-10-8-13(2)9-11-14/h8-11,15H,3-7,12,16H2,1-2H3. The maximum atomic E-state index is 6.13. The van der Waals surface area contributed by atoms with Crippen molar-refractivity contribution in [1.82, 2.24) is 0 Å². The molecule has 0 saturated heterocycles. The van der Waals surface area contributed by atoms with Gasteiger partial charge in [0.25, 0.3) is 0 Å². The molecular weight excluding hydrogens is 194 g/mol. The van der Waals surface area contributed by atoms with Crippen LogP contribution in [0.5, 0.6) is 0 Å². The number of aryl methyl sites for hydroxylation is 1. The lowest BCUT2D eigenvalue weighted by atomic mass is 10.0. The van der Waals surface area contributed by atoms with Gasteiger partial charge >= 0.3 is 0 Å². The van der Waals surface area contributed by atoms with Crippen LogP contribution in [0.25, 0.3) is 0 Å². The van der Waals surface area contributed by atoms with E-state index in [1.807, 2.05) is 0 Å². The normalized spacial score (nSPS) is 12.7. The lowest BCUT2D eigenvalue weighted by Gasteiger charge is -2.11. The first-order chi connectivity index (χ1) is 7.72. The largest absolute Gasteiger partial charge is 0.327 e. The molecule has 0 aliphatic rings. The number of hydrogen-bond acceptors (Lipinski definition) is 1. The average Bonchev–Trinajstić information content (AvgIpc) is 2.28. The fourth-order valence-electron chi connectivity index (χ4n) is 1.96.